The molecule has 4 nitrogen and oxygen atoms in total. The maximum absolute atomic E-state index is 13.3. The van der Waals surface area contributed by atoms with E-state index in [-0.39, 0.29) is 12.4 Å². The van der Waals surface area contributed by atoms with Crippen molar-refractivity contribution in [1.29, 1.82) is 0 Å². The minimum absolute atomic E-state index is 0.0254. The Labute approximate surface area is 167 Å². The highest BCUT2D eigenvalue weighted by Crippen LogP contribution is 2.36. The monoisotopic (exact) mass is 402 g/mol. The first-order valence-electron chi connectivity index (χ1n) is 9.17. The summed E-state index contributed by atoms with van der Waals surface area (Å²) in [5.74, 6) is 0.718. The van der Waals surface area contributed by atoms with Crippen LogP contribution in [0.5, 0.6) is 11.6 Å². The topological polar surface area (TPSA) is 44.2 Å². The molecule has 0 atom stereocenters. The average molecular weight is 402 g/mol. The zero-order valence-corrected chi connectivity index (χ0v) is 16.1. The lowest BCUT2D eigenvalue weighted by atomic mass is 10.2. The van der Waals surface area contributed by atoms with Gasteiger partial charge in [0.25, 0.3) is 0 Å². The van der Waals surface area contributed by atoms with E-state index in [9.17, 15) is 13.2 Å². The van der Waals surface area contributed by atoms with E-state index < -0.39 is 17.6 Å². The SMILES string of the molecule is CC(C)COc1ccc(-c2ncc(C(F)(F)F)c(OCc3ccccc3)n2)cc1. The zero-order chi connectivity index (χ0) is 20.9. The van der Waals surface area contributed by atoms with Crippen LogP contribution in [0.1, 0.15) is 25.0 Å². The molecule has 7 heteroatoms. The fraction of sp³-hybridized carbons (Fsp3) is 0.273. The molecule has 0 aliphatic rings. The van der Waals surface area contributed by atoms with Crippen LogP contribution < -0.4 is 9.47 Å². The van der Waals surface area contributed by atoms with Crippen molar-refractivity contribution in [2.75, 3.05) is 6.61 Å². The molecule has 0 bridgehead atoms. The molecule has 1 aromatic heterocycles. The van der Waals surface area contributed by atoms with Crippen LogP contribution in [-0.2, 0) is 12.8 Å². The van der Waals surface area contributed by atoms with Gasteiger partial charge in [-0.15, -0.1) is 0 Å². The van der Waals surface area contributed by atoms with Gasteiger partial charge in [-0.2, -0.15) is 18.2 Å². The van der Waals surface area contributed by atoms with E-state index in [4.69, 9.17) is 9.47 Å². The Morgan fingerprint density at radius 3 is 2.24 bits per heavy atom. The quantitative estimate of drug-likeness (QED) is 0.503. The Morgan fingerprint density at radius 2 is 1.62 bits per heavy atom. The summed E-state index contributed by atoms with van der Waals surface area (Å²) in [6, 6.07) is 15.8. The first kappa shape index (κ1) is 20.6. The lowest BCUT2D eigenvalue weighted by Crippen LogP contribution is -2.11. The van der Waals surface area contributed by atoms with Crippen molar-refractivity contribution in [3.8, 4) is 23.0 Å². The largest absolute Gasteiger partial charge is 0.493 e. The van der Waals surface area contributed by atoms with Crippen LogP contribution in [0.4, 0.5) is 13.2 Å². The molecule has 0 unspecified atom stereocenters. The highest BCUT2D eigenvalue weighted by atomic mass is 19.4. The summed E-state index contributed by atoms with van der Waals surface area (Å²) in [5, 5.41) is 0. The standard InChI is InChI=1S/C22H21F3N2O2/c1-15(2)13-28-18-10-8-17(9-11-18)20-26-12-19(22(23,24)25)21(27-20)29-14-16-6-4-3-5-7-16/h3-12,15H,13-14H2,1-2H3. The van der Waals surface area contributed by atoms with Crippen molar-refractivity contribution in [2.24, 2.45) is 5.92 Å². The van der Waals surface area contributed by atoms with Crippen molar-refractivity contribution in [1.82, 2.24) is 9.97 Å². The van der Waals surface area contributed by atoms with E-state index in [1.807, 2.05) is 19.9 Å². The number of nitrogens with zero attached hydrogens (tertiary/aromatic N) is 2. The molecule has 3 aromatic rings. The Hall–Kier alpha value is -3.09. The number of benzene rings is 2. The van der Waals surface area contributed by atoms with E-state index >= 15 is 0 Å². The normalized spacial score (nSPS) is 11.5. The van der Waals surface area contributed by atoms with Gasteiger partial charge in [-0.25, -0.2) is 4.98 Å². The van der Waals surface area contributed by atoms with Gasteiger partial charge in [0.05, 0.1) is 6.61 Å². The molecular weight excluding hydrogens is 381 g/mol. The predicted octanol–water partition coefficient (Wildman–Crippen LogP) is 5.78. The Balaban J connectivity index is 1.84. The van der Waals surface area contributed by atoms with Crippen molar-refractivity contribution >= 4 is 0 Å². The van der Waals surface area contributed by atoms with Crippen LogP contribution in [0.15, 0.2) is 60.8 Å². The van der Waals surface area contributed by atoms with Crippen LogP contribution in [0, 0.1) is 5.92 Å². The first-order valence-corrected chi connectivity index (χ1v) is 9.17. The highest BCUT2D eigenvalue weighted by Gasteiger charge is 2.36. The van der Waals surface area contributed by atoms with E-state index in [1.54, 1.807) is 48.5 Å². The molecular formula is C22H21F3N2O2. The molecule has 3 rings (SSSR count). The average Bonchev–Trinajstić information content (AvgIpc) is 2.71. The fourth-order valence-corrected chi connectivity index (χ4v) is 2.50. The van der Waals surface area contributed by atoms with Crippen LogP contribution in [0.3, 0.4) is 0 Å². The summed E-state index contributed by atoms with van der Waals surface area (Å²) < 4.78 is 51.0. The summed E-state index contributed by atoms with van der Waals surface area (Å²) in [4.78, 5) is 7.92. The molecule has 0 spiro atoms. The number of aromatic nitrogens is 2. The van der Waals surface area contributed by atoms with Gasteiger partial charge >= 0.3 is 6.18 Å². The second-order valence-corrected chi connectivity index (χ2v) is 6.91. The predicted molar refractivity (Wildman–Crippen MR) is 104 cm³/mol. The molecule has 0 fully saturated rings. The minimum Gasteiger partial charge on any atom is -0.493 e. The molecule has 0 aliphatic heterocycles. The van der Waals surface area contributed by atoms with E-state index in [0.29, 0.717) is 23.8 Å². The van der Waals surface area contributed by atoms with Gasteiger partial charge in [0.2, 0.25) is 5.88 Å². The number of hydrogen-bond acceptors (Lipinski definition) is 4. The van der Waals surface area contributed by atoms with Crippen molar-refractivity contribution in [3.05, 3.63) is 71.9 Å². The number of halogens is 3. The Kier molecular flexibility index (Phi) is 6.36. The molecule has 0 N–H and O–H groups in total. The molecule has 1 heterocycles. The van der Waals surface area contributed by atoms with Crippen LogP contribution in [-0.4, -0.2) is 16.6 Å². The third-order valence-corrected chi connectivity index (χ3v) is 3.97. The zero-order valence-electron chi connectivity index (χ0n) is 16.1. The number of hydrogen-bond donors (Lipinski definition) is 0. The molecule has 0 amide bonds. The third kappa shape index (κ3) is 5.70. The lowest BCUT2D eigenvalue weighted by Gasteiger charge is -2.14. The van der Waals surface area contributed by atoms with Gasteiger partial charge in [0.15, 0.2) is 5.82 Å². The van der Waals surface area contributed by atoms with Crippen molar-refractivity contribution < 1.29 is 22.6 Å². The Morgan fingerprint density at radius 1 is 0.931 bits per heavy atom. The molecule has 0 aliphatic carbocycles. The third-order valence-electron chi connectivity index (χ3n) is 3.97. The van der Waals surface area contributed by atoms with Crippen molar-refractivity contribution in [3.63, 3.8) is 0 Å². The molecule has 2 aromatic carbocycles. The second-order valence-electron chi connectivity index (χ2n) is 6.91. The first-order chi connectivity index (χ1) is 13.8. The fourth-order valence-electron chi connectivity index (χ4n) is 2.50. The summed E-state index contributed by atoms with van der Waals surface area (Å²) in [6.45, 7) is 4.64. The maximum atomic E-state index is 13.3. The van der Waals surface area contributed by atoms with Gasteiger partial charge < -0.3 is 9.47 Å². The van der Waals surface area contributed by atoms with E-state index in [0.717, 1.165) is 11.8 Å². The number of rotatable bonds is 7. The number of ether oxygens (including phenoxy) is 2. The van der Waals surface area contributed by atoms with E-state index in [2.05, 4.69) is 9.97 Å². The number of alkyl halides is 3. The van der Waals surface area contributed by atoms with Gasteiger partial charge in [0.1, 0.15) is 17.9 Å². The second kappa shape index (κ2) is 8.94. The van der Waals surface area contributed by atoms with Crippen LogP contribution >= 0.6 is 0 Å². The van der Waals surface area contributed by atoms with Gasteiger partial charge in [0, 0.05) is 11.8 Å². The smallest absolute Gasteiger partial charge is 0.423 e. The molecule has 152 valence electrons. The minimum atomic E-state index is -4.61. The highest BCUT2D eigenvalue weighted by molar-refractivity contribution is 5.57. The van der Waals surface area contributed by atoms with Gasteiger partial charge in [-0.3, -0.25) is 0 Å². The summed E-state index contributed by atoms with van der Waals surface area (Å²) in [6.07, 6.45) is -3.86. The lowest BCUT2D eigenvalue weighted by molar-refractivity contribution is -0.139. The van der Waals surface area contributed by atoms with Gasteiger partial charge in [-0.05, 0) is 35.7 Å². The molecule has 0 saturated carbocycles. The van der Waals surface area contributed by atoms with Crippen molar-refractivity contribution in [2.45, 2.75) is 26.6 Å². The van der Waals surface area contributed by atoms with Crippen LogP contribution in [0.25, 0.3) is 11.4 Å². The Bertz CT molecular complexity index is 927. The molecule has 0 radical (unpaired) electrons. The summed E-state index contributed by atoms with van der Waals surface area (Å²) in [7, 11) is 0. The van der Waals surface area contributed by atoms with Crippen LogP contribution in [0.2, 0.25) is 0 Å². The molecule has 0 saturated heterocycles. The van der Waals surface area contributed by atoms with Gasteiger partial charge in [-0.1, -0.05) is 44.2 Å². The van der Waals surface area contributed by atoms with E-state index in [1.165, 1.54) is 0 Å². The summed E-state index contributed by atoms with van der Waals surface area (Å²) in [5.41, 5.74) is 0.307. The maximum Gasteiger partial charge on any atom is 0.423 e. The summed E-state index contributed by atoms with van der Waals surface area (Å²) >= 11 is 0. The molecule has 29 heavy (non-hydrogen) atoms.